The summed E-state index contributed by atoms with van der Waals surface area (Å²) < 4.78 is 2.28. The zero-order chi connectivity index (χ0) is 19.7. The minimum absolute atomic E-state index is 0.240. The molecule has 6 nitrogen and oxygen atoms in total. The zero-order valence-electron chi connectivity index (χ0n) is 14.6. The summed E-state index contributed by atoms with van der Waals surface area (Å²) >= 11 is 6.26. The largest absolute Gasteiger partial charge is 0.480 e. The van der Waals surface area contributed by atoms with E-state index in [1.807, 2.05) is 59.2 Å². The molecule has 1 amide bonds. The molecule has 2 aromatic carbocycles. The van der Waals surface area contributed by atoms with Gasteiger partial charge < -0.3 is 9.67 Å². The molecule has 1 aliphatic rings. The van der Waals surface area contributed by atoms with Gasteiger partial charge in [-0.05, 0) is 17.7 Å². The molecule has 140 valence electrons. The van der Waals surface area contributed by atoms with E-state index in [0.717, 1.165) is 33.3 Å². The molecule has 1 fully saturated rings. The van der Waals surface area contributed by atoms with Crippen LogP contribution in [0.4, 0.5) is 0 Å². The van der Waals surface area contributed by atoms with E-state index in [9.17, 15) is 9.59 Å². The van der Waals surface area contributed by atoms with Gasteiger partial charge in [0.05, 0.1) is 15.9 Å². The number of benzene rings is 2. The van der Waals surface area contributed by atoms with Crippen molar-refractivity contribution < 1.29 is 14.7 Å². The van der Waals surface area contributed by atoms with Crippen molar-refractivity contribution in [2.45, 2.75) is 6.54 Å². The smallest absolute Gasteiger partial charge is 0.323 e. The SMILES string of the molecule is O=C(O)CN1C(=O)/C(=C/c2nc3ccccc3n2Cc2ccccc2)SC1=S. The van der Waals surface area contributed by atoms with Crippen LogP contribution < -0.4 is 0 Å². The number of hydrogen-bond acceptors (Lipinski definition) is 5. The maximum atomic E-state index is 12.6. The number of para-hydroxylation sites is 2. The quantitative estimate of drug-likeness (QED) is 0.514. The van der Waals surface area contributed by atoms with Crippen molar-refractivity contribution in [3.8, 4) is 0 Å². The maximum Gasteiger partial charge on any atom is 0.323 e. The van der Waals surface area contributed by atoms with Crippen LogP contribution in [-0.4, -0.2) is 42.3 Å². The first-order chi connectivity index (χ1) is 13.5. The van der Waals surface area contributed by atoms with Gasteiger partial charge in [0.2, 0.25) is 0 Å². The van der Waals surface area contributed by atoms with Gasteiger partial charge in [-0.15, -0.1) is 0 Å². The van der Waals surface area contributed by atoms with Gasteiger partial charge in [-0.2, -0.15) is 0 Å². The number of imidazole rings is 1. The van der Waals surface area contributed by atoms with E-state index in [-0.39, 0.29) is 4.32 Å². The van der Waals surface area contributed by atoms with Crippen molar-refractivity contribution in [3.63, 3.8) is 0 Å². The standard InChI is InChI=1S/C20H15N3O3S2/c24-18(25)12-23-19(26)16(28-20(23)27)10-17-21-14-8-4-5-9-15(14)22(17)11-13-6-2-1-3-7-13/h1-10H,11-12H2,(H,24,25)/b16-10-. The van der Waals surface area contributed by atoms with Crippen molar-refractivity contribution in [3.05, 3.63) is 70.9 Å². The van der Waals surface area contributed by atoms with E-state index < -0.39 is 18.4 Å². The number of fused-ring (bicyclic) bond motifs is 1. The summed E-state index contributed by atoms with van der Waals surface area (Å²) in [5.74, 6) is -0.884. The van der Waals surface area contributed by atoms with Crippen LogP contribution in [0.5, 0.6) is 0 Å². The van der Waals surface area contributed by atoms with Gasteiger partial charge in [0.1, 0.15) is 16.7 Å². The van der Waals surface area contributed by atoms with E-state index in [0.29, 0.717) is 17.3 Å². The number of aromatic nitrogens is 2. The van der Waals surface area contributed by atoms with Gasteiger partial charge in [0, 0.05) is 12.6 Å². The van der Waals surface area contributed by atoms with Crippen LogP contribution in [0.1, 0.15) is 11.4 Å². The van der Waals surface area contributed by atoms with E-state index in [2.05, 4.69) is 4.98 Å². The molecular weight excluding hydrogens is 394 g/mol. The Morgan fingerprint density at radius 1 is 1.14 bits per heavy atom. The second-order valence-corrected chi connectivity index (χ2v) is 7.87. The third-order valence-corrected chi connectivity index (χ3v) is 5.67. The molecule has 1 N–H and O–H groups in total. The first-order valence-electron chi connectivity index (χ1n) is 8.49. The number of carbonyl (C=O) groups excluding carboxylic acids is 1. The van der Waals surface area contributed by atoms with Crippen LogP contribution in [0.2, 0.25) is 0 Å². The van der Waals surface area contributed by atoms with Crippen molar-refractivity contribution in [2.75, 3.05) is 6.54 Å². The Hall–Kier alpha value is -2.97. The molecule has 3 aromatic rings. The van der Waals surface area contributed by atoms with Gasteiger partial charge in [0.15, 0.2) is 0 Å². The lowest BCUT2D eigenvalue weighted by Gasteiger charge is -2.10. The molecule has 0 spiro atoms. The van der Waals surface area contributed by atoms with E-state index >= 15 is 0 Å². The topological polar surface area (TPSA) is 75.4 Å². The molecule has 1 saturated heterocycles. The second-order valence-electron chi connectivity index (χ2n) is 6.19. The van der Waals surface area contributed by atoms with Gasteiger partial charge in [-0.1, -0.05) is 66.4 Å². The summed E-state index contributed by atoms with van der Waals surface area (Å²) in [7, 11) is 0. The fraction of sp³-hybridized carbons (Fsp3) is 0.100. The molecule has 0 radical (unpaired) electrons. The predicted molar refractivity (Wildman–Crippen MR) is 113 cm³/mol. The summed E-state index contributed by atoms with van der Waals surface area (Å²) in [5.41, 5.74) is 2.89. The van der Waals surface area contributed by atoms with E-state index in [4.69, 9.17) is 17.3 Å². The van der Waals surface area contributed by atoms with Crippen molar-refractivity contribution >= 4 is 57.3 Å². The number of thiocarbonyl (C=S) groups is 1. The van der Waals surface area contributed by atoms with Crippen molar-refractivity contribution in [1.29, 1.82) is 0 Å². The number of carbonyl (C=O) groups is 2. The lowest BCUT2D eigenvalue weighted by Crippen LogP contribution is -2.33. The van der Waals surface area contributed by atoms with Crippen LogP contribution in [0, 0.1) is 0 Å². The lowest BCUT2D eigenvalue weighted by atomic mass is 10.2. The number of amides is 1. The zero-order valence-corrected chi connectivity index (χ0v) is 16.2. The summed E-state index contributed by atoms with van der Waals surface area (Å²) in [4.78, 5) is 29.7. The van der Waals surface area contributed by atoms with Crippen LogP contribution in [0.25, 0.3) is 17.1 Å². The fourth-order valence-corrected chi connectivity index (χ4v) is 4.25. The number of rotatable bonds is 5. The first-order valence-corrected chi connectivity index (χ1v) is 9.72. The average molecular weight is 409 g/mol. The van der Waals surface area contributed by atoms with Crippen LogP contribution >= 0.6 is 24.0 Å². The number of carboxylic acids is 1. The Bertz CT molecular complexity index is 1120. The molecule has 0 aliphatic carbocycles. The summed E-state index contributed by atoms with van der Waals surface area (Å²) in [5, 5.41) is 8.99. The highest BCUT2D eigenvalue weighted by molar-refractivity contribution is 8.26. The molecule has 4 rings (SSSR count). The molecule has 0 atom stereocenters. The molecule has 1 aliphatic heterocycles. The van der Waals surface area contributed by atoms with Crippen LogP contribution in [-0.2, 0) is 16.1 Å². The summed E-state index contributed by atoms with van der Waals surface area (Å²) in [6.45, 7) is 0.158. The minimum atomic E-state index is -1.10. The summed E-state index contributed by atoms with van der Waals surface area (Å²) in [6, 6.07) is 17.7. The van der Waals surface area contributed by atoms with E-state index in [1.54, 1.807) is 6.08 Å². The molecule has 8 heteroatoms. The predicted octanol–water partition coefficient (Wildman–Crippen LogP) is 3.37. The molecule has 0 saturated carbocycles. The Kier molecular flexibility index (Phi) is 4.97. The number of thioether (sulfide) groups is 1. The number of hydrogen-bond donors (Lipinski definition) is 1. The van der Waals surface area contributed by atoms with Crippen LogP contribution in [0.15, 0.2) is 59.5 Å². The van der Waals surface area contributed by atoms with Crippen molar-refractivity contribution in [1.82, 2.24) is 14.5 Å². The molecule has 1 aromatic heterocycles. The van der Waals surface area contributed by atoms with Gasteiger partial charge in [0.25, 0.3) is 5.91 Å². The Morgan fingerprint density at radius 2 is 1.86 bits per heavy atom. The minimum Gasteiger partial charge on any atom is -0.480 e. The first kappa shape index (κ1) is 18.4. The normalized spacial score (nSPS) is 15.7. The highest BCUT2D eigenvalue weighted by Crippen LogP contribution is 2.33. The van der Waals surface area contributed by atoms with Crippen LogP contribution in [0.3, 0.4) is 0 Å². The Morgan fingerprint density at radius 3 is 2.61 bits per heavy atom. The number of aliphatic carboxylic acids is 1. The lowest BCUT2D eigenvalue weighted by molar-refractivity contribution is -0.140. The number of nitrogens with zero attached hydrogens (tertiary/aromatic N) is 3. The van der Waals surface area contributed by atoms with E-state index in [1.165, 1.54) is 0 Å². The molecule has 2 heterocycles. The number of carboxylic acid groups (broad SMARTS) is 1. The maximum absolute atomic E-state index is 12.6. The van der Waals surface area contributed by atoms with Gasteiger partial charge >= 0.3 is 5.97 Å². The summed E-state index contributed by atoms with van der Waals surface area (Å²) in [6.07, 6.45) is 1.68. The highest BCUT2D eigenvalue weighted by Gasteiger charge is 2.33. The van der Waals surface area contributed by atoms with Gasteiger partial charge in [-0.25, -0.2) is 4.98 Å². The van der Waals surface area contributed by atoms with Crippen molar-refractivity contribution in [2.24, 2.45) is 0 Å². The third kappa shape index (κ3) is 3.56. The molecule has 28 heavy (non-hydrogen) atoms. The second kappa shape index (κ2) is 7.57. The highest BCUT2D eigenvalue weighted by atomic mass is 32.2. The Balaban J connectivity index is 1.75. The van der Waals surface area contributed by atoms with Gasteiger partial charge in [-0.3, -0.25) is 14.5 Å². The Labute approximate surface area is 170 Å². The monoisotopic (exact) mass is 409 g/mol. The molecular formula is C20H15N3O3S2. The molecule has 0 unspecified atom stereocenters. The third-order valence-electron chi connectivity index (χ3n) is 4.29. The average Bonchev–Trinajstić information content (AvgIpc) is 3.15. The molecule has 0 bridgehead atoms. The fourth-order valence-electron chi connectivity index (χ4n) is 3.03.